The largest absolute Gasteiger partial charge is 0.433 e. The number of nitrogens with two attached hydrogens (primary N) is 1. The van der Waals surface area contributed by atoms with Crippen molar-refractivity contribution < 1.29 is 17.9 Å². The molecule has 0 aromatic carbocycles. The fraction of sp³-hybridized carbons (Fsp3) is 0.500. The molecule has 1 aliphatic heterocycles. The summed E-state index contributed by atoms with van der Waals surface area (Å²) in [6.07, 6.45) is -2.95. The average Bonchev–Trinajstić information content (AvgIpc) is 2.90. The number of alkyl halides is 3. The Morgan fingerprint density at radius 2 is 2.00 bits per heavy atom. The lowest BCUT2D eigenvalue weighted by Gasteiger charge is -2.19. The summed E-state index contributed by atoms with van der Waals surface area (Å²) < 4.78 is 45.0. The Labute approximate surface area is 118 Å². The quantitative estimate of drug-likeness (QED) is 0.654. The topological polar surface area (TPSA) is 77.5 Å². The van der Waals surface area contributed by atoms with Gasteiger partial charge in [0.05, 0.1) is 5.69 Å². The Bertz CT molecular complexity index is 648. The summed E-state index contributed by atoms with van der Waals surface area (Å²) in [6, 6.07) is 2.42. The molecule has 2 aromatic rings. The summed E-state index contributed by atoms with van der Waals surface area (Å²) in [7, 11) is 0. The van der Waals surface area contributed by atoms with E-state index in [9.17, 15) is 13.2 Å². The highest BCUT2D eigenvalue weighted by molar-refractivity contribution is 5.51. The van der Waals surface area contributed by atoms with Gasteiger partial charge in [-0.1, -0.05) is 0 Å². The molecule has 0 aliphatic carbocycles. The van der Waals surface area contributed by atoms with Gasteiger partial charge in [0.2, 0.25) is 0 Å². The molecule has 0 amide bonds. The van der Waals surface area contributed by atoms with Gasteiger partial charge in [-0.15, -0.1) is 0 Å². The lowest BCUT2D eigenvalue weighted by atomic mass is 9.97. The smallest absolute Gasteiger partial charge is 0.381 e. The molecule has 0 saturated carbocycles. The van der Waals surface area contributed by atoms with Gasteiger partial charge < -0.3 is 10.2 Å². The van der Waals surface area contributed by atoms with Gasteiger partial charge in [-0.25, -0.2) is 10.8 Å². The zero-order valence-electron chi connectivity index (χ0n) is 11.0. The lowest BCUT2D eigenvalue weighted by Crippen LogP contribution is -2.16. The van der Waals surface area contributed by atoms with Crippen molar-refractivity contribution >= 4 is 11.5 Å². The third-order valence-corrected chi connectivity index (χ3v) is 3.52. The molecule has 3 N–H and O–H groups in total. The van der Waals surface area contributed by atoms with Crippen LogP contribution in [0.25, 0.3) is 5.65 Å². The summed E-state index contributed by atoms with van der Waals surface area (Å²) in [4.78, 5) is 3.62. The summed E-state index contributed by atoms with van der Waals surface area (Å²) in [5, 5.41) is 4.32. The van der Waals surface area contributed by atoms with E-state index in [1.807, 2.05) is 0 Å². The van der Waals surface area contributed by atoms with E-state index in [1.165, 1.54) is 4.52 Å². The van der Waals surface area contributed by atoms with E-state index >= 15 is 0 Å². The second kappa shape index (κ2) is 5.15. The molecule has 2 aromatic heterocycles. The van der Waals surface area contributed by atoms with E-state index in [-0.39, 0.29) is 17.4 Å². The standard InChI is InChI=1S/C12H14F3N5O/c13-12(14,15)9-6-11(18-16)20-10(17-9)5-8(19-20)7-1-3-21-4-2-7/h5-7,18H,1-4,16H2. The van der Waals surface area contributed by atoms with Crippen molar-refractivity contribution in [2.45, 2.75) is 24.9 Å². The Morgan fingerprint density at radius 3 is 2.62 bits per heavy atom. The number of hydrazine groups is 1. The van der Waals surface area contributed by atoms with Crippen LogP contribution in [0.3, 0.4) is 0 Å². The van der Waals surface area contributed by atoms with Crippen LogP contribution in [0.2, 0.25) is 0 Å². The Balaban J connectivity index is 2.07. The molecule has 1 saturated heterocycles. The molecule has 0 unspecified atom stereocenters. The SMILES string of the molecule is NNc1cc(C(F)(F)F)nc2cc(C3CCOCC3)nn12. The van der Waals surface area contributed by atoms with Crippen molar-refractivity contribution in [1.29, 1.82) is 0 Å². The van der Waals surface area contributed by atoms with Crippen molar-refractivity contribution in [1.82, 2.24) is 14.6 Å². The van der Waals surface area contributed by atoms with Crippen LogP contribution in [0.15, 0.2) is 12.1 Å². The van der Waals surface area contributed by atoms with Gasteiger partial charge in [0.1, 0.15) is 5.82 Å². The fourth-order valence-corrected chi connectivity index (χ4v) is 2.43. The van der Waals surface area contributed by atoms with Gasteiger partial charge in [0.15, 0.2) is 11.3 Å². The second-order valence-electron chi connectivity index (χ2n) is 4.89. The number of halogens is 3. The number of rotatable bonds is 2. The number of hydrogen-bond donors (Lipinski definition) is 2. The van der Waals surface area contributed by atoms with Crippen LogP contribution in [0, 0.1) is 0 Å². The summed E-state index contributed by atoms with van der Waals surface area (Å²) >= 11 is 0. The molecule has 9 heteroatoms. The van der Waals surface area contributed by atoms with Crippen LogP contribution in [-0.4, -0.2) is 27.8 Å². The van der Waals surface area contributed by atoms with Crippen molar-refractivity contribution in [2.24, 2.45) is 5.84 Å². The molecule has 3 rings (SSSR count). The van der Waals surface area contributed by atoms with Gasteiger partial charge in [-0.05, 0) is 12.8 Å². The molecule has 1 fully saturated rings. The number of ether oxygens (including phenoxy) is 1. The molecule has 0 radical (unpaired) electrons. The van der Waals surface area contributed by atoms with E-state index in [2.05, 4.69) is 15.5 Å². The molecule has 0 atom stereocenters. The summed E-state index contributed by atoms with van der Waals surface area (Å²) in [5.41, 5.74) is 2.07. The van der Waals surface area contributed by atoms with Gasteiger partial charge >= 0.3 is 6.18 Å². The minimum atomic E-state index is -4.53. The number of fused-ring (bicyclic) bond motifs is 1. The number of anilines is 1. The number of nitrogen functional groups attached to an aromatic ring is 1. The highest BCUT2D eigenvalue weighted by Crippen LogP contribution is 2.31. The minimum absolute atomic E-state index is 0.0469. The maximum absolute atomic E-state index is 12.8. The zero-order chi connectivity index (χ0) is 15.0. The lowest BCUT2D eigenvalue weighted by molar-refractivity contribution is -0.141. The molecule has 0 spiro atoms. The predicted octanol–water partition coefficient (Wildman–Crippen LogP) is 1.93. The maximum Gasteiger partial charge on any atom is 0.433 e. The molecule has 0 bridgehead atoms. The molecule has 6 nitrogen and oxygen atoms in total. The number of nitrogens with one attached hydrogen (secondary N) is 1. The van der Waals surface area contributed by atoms with Crippen molar-refractivity contribution in [2.75, 3.05) is 18.6 Å². The van der Waals surface area contributed by atoms with E-state index < -0.39 is 11.9 Å². The Hall–Kier alpha value is -1.87. The first-order valence-corrected chi connectivity index (χ1v) is 6.51. The third-order valence-electron chi connectivity index (χ3n) is 3.52. The third kappa shape index (κ3) is 2.66. The molecule has 114 valence electrons. The Kier molecular flexibility index (Phi) is 3.46. The zero-order valence-corrected chi connectivity index (χ0v) is 11.0. The van der Waals surface area contributed by atoms with Crippen molar-refractivity contribution in [3.63, 3.8) is 0 Å². The second-order valence-corrected chi connectivity index (χ2v) is 4.89. The van der Waals surface area contributed by atoms with E-state index in [1.54, 1.807) is 6.07 Å². The van der Waals surface area contributed by atoms with Gasteiger partial charge in [0, 0.05) is 31.3 Å². The molecule has 1 aliphatic rings. The first-order chi connectivity index (χ1) is 9.99. The molecular weight excluding hydrogens is 287 g/mol. The summed E-state index contributed by atoms with van der Waals surface area (Å²) in [5.74, 6) is 5.50. The average molecular weight is 301 g/mol. The first-order valence-electron chi connectivity index (χ1n) is 6.51. The van der Waals surface area contributed by atoms with Crippen LogP contribution >= 0.6 is 0 Å². The highest BCUT2D eigenvalue weighted by atomic mass is 19.4. The number of aromatic nitrogens is 3. The van der Waals surface area contributed by atoms with Gasteiger partial charge in [-0.3, -0.25) is 0 Å². The highest BCUT2D eigenvalue weighted by Gasteiger charge is 2.34. The van der Waals surface area contributed by atoms with Crippen LogP contribution in [0.5, 0.6) is 0 Å². The summed E-state index contributed by atoms with van der Waals surface area (Å²) in [6.45, 7) is 1.25. The van der Waals surface area contributed by atoms with Crippen LogP contribution in [0.4, 0.5) is 19.0 Å². The maximum atomic E-state index is 12.8. The van der Waals surface area contributed by atoms with Crippen molar-refractivity contribution in [3.8, 4) is 0 Å². The van der Waals surface area contributed by atoms with Crippen LogP contribution in [0.1, 0.15) is 30.1 Å². The minimum Gasteiger partial charge on any atom is -0.381 e. The van der Waals surface area contributed by atoms with Crippen LogP contribution in [-0.2, 0) is 10.9 Å². The Morgan fingerprint density at radius 1 is 1.29 bits per heavy atom. The van der Waals surface area contributed by atoms with Gasteiger partial charge in [0.25, 0.3) is 0 Å². The van der Waals surface area contributed by atoms with E-state index in [0.29, 0.717) is 18.9 Å². The molecule has 3 heterocycles. The molecule has 21 heavy (non-hydrogen) atoms. The van der Waals surface area contributed by atoms with Gasteiger partial charge in [-0.2, -0.15) is 22.8 Å². The number of hydrogen-bond acceptors (Lipinski definition) is 5. The van der Waals surface area contributed by atoms with Crippen LogP contribution < -0.4 is 11.3 Å². The predicted molar refractivity (Wildman–Crippen MR) is 68.6 cm³/mol. The number of nitrogens with zero attached hydrogens (tertiary/aromatic N) is 3. The normalized spacial score (nSPS) is 17.3. The first kappa shape index (κ1) is 14.1. The molecular formula is C12H14F3N5O. The van der Waals surface area contributed by atoms with E-state index in [4.69, 9.17) is 10.6 Å². The van der Waals surface area contributed by atoms with Crippen molar-refractivity contribution in [3.05, 3.63) is 23.5 Å². The fourth-order valence-electron chi connectivity index (χ4n) is 2.43. The monoisotopic (exact) mass is 301 g/mol. The van der Waals surface area contributed by atoms with E-state index in [0.717, 1.165) is 18.9 Å².